The van der Waals surface area contributed by atoms with Crippen molar-refractivity contribution in [1.29, 1.82) is 5.26 Å². The standard InChI is InChI=1S/C33H31ClFN7O2S/c1-16-10-33(8-3-9-41(33)12-16)15-44-32-39-28-25-29(43-14-21-20-7-6-17(38-20)13-42(21)31(25)40-32)26(34)24(27(28)35)18-4-2-5-22-23(18)19(11-36)30(37)45-22/h2,4-5,17,20-21,38H,1,3,6-10,12-15,37H2. The summed E-state index contributed by atoms with van der Waals surface area (Å²) in [6, 6.07) is 8.30. The van der Waals surface area contributed by atoms with Gasteiger partial charge >= 0.3 is 6.01 Å². The lowest BCUT2D eigenvalue weighted by molar-refractivity contribution is 0.108. The van der Waals surface area contributed by atoms with E-state index in [1.165, 1.54) is 16.9 Å². The van der Waals surface area contributed by atoms with Crippen LogP contribution in [-0.4, -0.2) is 71.4 Å². The molecule has 230 valence electrons. The zero-order valence-electron chi connectivity index (χ0n) is 24.5. The molecule has 0 saturated carbocycles. The second kappa shape index (κ2) is 9.90. The molecule has 45 heavy (non-hydrogen) atoms. The minimum atomic E-state index is -0.608. The maximum atomic E-state index is 17.2. The Morgan fingerprint density at radius 3 is 3.07 bits per heavy atom. The Morgan fingerprint density at radius 2 is 2.20 bits per heavy atom. The first-order valence-corrected chi connectivity index (χ1v) is 16.7. The minimum absolute atomic E-state index is 0.0166. The molecule has 3 N–H and O–H groups in total. The number of nitriles is 1. The number of nitrogens with zero attached hydrogens (tertiary/aromatic N) is 5. The van der Waals surface area contributed by atoms with Crippen molar-refractivity contribution >= 4 is 54.7 Å². The first-order valence-electron chi connectivity index (χ1n) is 15.5. The molecular weight excluding hydrogens is 613 g/mol. The summed E-state index contributed by atoms with van der Waals surface area (Å²) in [6.07, 6.45) is 5.07. The predicted octanol–water partition coefficient (Wildman–Crippen LogP) is 5.63. The van der Waals surface area contributed by atoms with E-state index >= 15 is 4.39 Å². The SMILES string of the molecule is C=C1CN2CCCC2(COc2nc3c4c(c(Cl)c(-c5cccc6sc(N)c(C#N)c56)c(F)c4n2)OCC2C4CCC(CN32)N4)C1. The van der Waals surface area contributed by atoms with Crippen LogP contribution in [-0.2, 0) is 0 Å². The van der Waals surface area contributed by atoms with Gasteiger partial charge in [-0.1, -0.05) is 35.9 Å². The highest BCUT2D eigenvalue weighted by Gasteiger charge is 2.47. The van der Waals surface area contributed by atoms with Gasteiger partial charge in [-0.05, 0) is 50.3 Å². The number of nitrogens with two attached hydrogens (primary N) is 1. The molecule has 0 spiro atoms. The first kappa shape index (κ1) is 27.6. The smallest absolute Gasteiger partial charge is 0.319 e. The Morgan fingerprint density at radius 1 is 1.31 bits per heavy atom. The fraction of sp³-hybridized carbons (Fsp3) is 0.424. The Balaban J connectivity index is 1.26. The summed E-state index contributed by atoms with van der Waals surface area (Å²) in [7, 11) is 0. The van der Waals surface area contributed by atoms with E-state index in [1.54, 1.807) is 6.07 Å². The van der Waals surface area contributed by atoms with Gasteiger partial charge in [-0.25, -0.2) is 4.39 Å². The third kappa shape index (κ3) is 3.95. The van der Waals surface area contributed by atoms with Crippen molar-refractivity contribution in [1.82, 2.24) is 20.2 Å². The predicted molar refractivity (Wildman–Crippen MR) is 174 cm³/mol. The highest BCUT2D eigenvalue weighted by Crippen LogP contribution is 2.51. The molecule has 4 fully saturated rings. The number of fused-ring (bicyclic) bond motifs is 7. The zero-order valence-corrected chi connectivity index (χ0v) is 26.1. The van der Waals surface area contributed by atoms with E-state index in [4.69, 9.17) is 36.8 Å². The van der Waals surface area contributed by atoms with Gasteiger partial charge < -0.3 is 25.4 Å². The fourth-order valence-corrected chi connectivity index (χ4v) is 9.80. The molecule has 4 saturated heterocycles. The van der Waals surface area contributed by atoms with Crippen LogP contribution in [0.5, 0.6) is 11.8 Å². The molecule has 12 heteroatoms. The lowest BCUT2D eigenvalue weighted by Crippen LogP contribution is -2.60. The normalized spacial score (nSPS) is 27.0. The summed E-state index contributed by atoms with van der Waals surface area (Å²) in [4.78, 5) is 14.4. The molecule has 0 radical (unpaired) electrons. The van der Waals surface area contributed by atoms with Crippen LogP contribution in [0.3, 0.4) is 0 Å². The summed E-state index contributed by atoms with van der Waals surface area (Å²) in [6.45, 7) is 7.61. The molecule has 2 aromatic carbocycles. The second-order valence-electron chi connectivity index (χ2n) is 13.1. The van der Waals surface area contributed by atoms with Gasteiger partial charge in [-0.2, -0.15) is 15.2 Å². The number of nitrogens with one attached hydrogen (secondary N) is 1. The van der Waals surface area contributed by atoms with Crippen molar-refractivity contribution in [2.75, 3.05) is 43.5 Å². The Bertz CT molecular complexity index is 1990. The van der Waals surface area contributed by atoms with Crippen LogP contribution in [0.15, 0.2) is 30.4 Å². The molecule has 9 rings (SSSR count). The molecule has 9 nitrogen and oxygen atoms in total. The molecule has 2 aromatic heterocycles. The number of hydrogen-bond acceptors (Lipinski definition) is 10. The van der Waals surface area contributed by atoms with Crippen LogP contribution in [0.25, 0.3) is 32.1 Å². The molecule has 5 aliphatic rings. The average molecular weight is 644 g/mol. The van der Waals surface area contributed by atoms with Crippen molar-refractivity contribution in [2.45, 2.75) is 55.8 Å². The first-order chi connectivity index (χ1) is 21.8. The maximum Gasteiger partial charge on any atom is 0.319 e. The van der Waals surface area contributed by atoms with Crippen LogP contribution < -0.4 is 25.4 Å². The highest BCUT2D eigenvalue weighted by molar-refractivity contribution is 7.23. The second-order valence-corrected chi connectivity index (χ2v) is 14.5. The number of anilines is 2. The van der Waals surface area contributed by atoms with Gasteiger partial charge in [0.15, 0.2) is 11.6 Å². The van der Waals surface area contributed by atoms with Crippen molar-refractivity contribution < 1.29 is 13.9 Å². The van der Waals surface area contributed by atoms with Gasteiger partial charge in [0, 0.05) is 40.8 Å². The Kier molecular flexibility index (Phi) is 6.08. The summed E-state index contributed by atoms with van der Waals surface area (Å²) >= 11 is 8.43. The van der Waals surface area contributed by atoms with E-state index in [9.17, 15) is 5.26 Å². The lowest BCUT2D eigenvalue weighted by atomic mass is 9.94. The van der Waals surface area contributed by atoms with Gasteiger partial charge in [0.2, 0.25) is 0 Å². The van der Waals surface area contributed by atoms with E-state index in [-0.39, 0.29) is 39.7 Å². The highest BCUT2D eigenvalue weighted by atomic mass is 35.5. The van der Waals surface area contributed by atoms with Gasteiger partial charge in [0.05, 0.1) is 27.6 Å². The van der Waals surface area contributed by atoms with Crippen molar-refractivity contribution in [3.63, 3.8) is 0 Å². The molecule has 4 atom stereocenters. The van der Waals surface area contributed by atoms with Crippen LogP contribution >= 0.6 is 22.9 Å². The third-order valence-electron chi connectivity index (χ3n) is 10.5. The van der Waals surface area contributed by atoms with Crippen LogP contribution in [0.4, 0.5) is 15.2 Å². The lowest BCUT2D eigenvalue weighted by Gasteiger charge is -2.40. The average Bonchev–Trinajstić information content (AvgIpc) is 3.74. The van der Waals surface area contributed by atoms with Crippen molar-refractivity contribution in [3.8, 4) is 29.0 Å². The van der Waals surface area contributed by atoms with Gasteiger partial charge in [-0.3, -0.25) is 4.90 Å². The molecule has 4 unspecified atom stereocenters. The van der Waals surface area contributed by atoms with Gasteiger partial charge in [-0.15, -0.1) is 11.3 Å². The number of ether oxygens (including phenoxy) is 2. The largest absolute Gasteiger partial charge is 0.489 e. The van der Waals surface area contributed by atoms with E-state index in [1.807, 2.05) is 12.1 Å². The number of rotatable bonds is 4. The van der Waals surface area contributed by atoms with E-state index in [0.717, 1.165) is 49.9 Å². The summed E-state index contributed by atoms with van der Waals surface area (Å²) < 4.78 is 30.9. The van der Waals surface area contributed by atoms with E-state index in [2.05, 4.69) is 27.8 Å². The topological polar surface area (TPSA) is 113 Å². The Hall–Kier alpha value is -3.69. The number of nitrogen functional groups attached to an aromatic ring is 1. The monoisotopic (exact) mass is 643 g/mol. The van der Waals surface area contributed by atoms with Crippen molar-refractivity contribution in [2.24, 2.45) is 0 Å². The summed E-state index contributed by atoms with van der Waals surface area (Å²) in [5.41, 5.74) is 8.27. The van der Waals surface area contributed by atoms with Crippen LogP contribution in [0.2, 0.25) is 5.02 Å². The molecular formula is C33H31ClFN7O2S. The molecule has 0 aliphatic carbocycles. The minimum Gasteiger partial charge on any atom is -0.489 e. The number of benzene rings is 2. The number of aromatic nitrogens is 2. The van der Waals surface area contributed by atoms with Crippen LogP contribution in [0, 0.1) is 17.1 Å². The van der Waals surface area contributed by atoms with E-state index < -0.39 is 5.82 Å². The quantitative estimate of drug-likeness (QED) is 0.273. The number of thiophene rings is 1. The zero-order chi connectivity index (χ0) is 30.6. The number of hydrogen-bond donors (Lipinski definition) is 2. The third-order valence-corrected chi connectivity index (χ3v) is 11.8. The van der Waals surface area contributed by atoms with Gasteiger partial charge in [0.1, 0.15) is 35.6 Å². The molecule has 0 amide bonds. The molecule has 2 bridgehead atoms. The fourth-order valence-electron chi connectivity index (χ4n) is 8.52. The van der Waals surface area contributed by atoms with Crippen LogP contribution in [0.1, 0.15) is 37.7 Å². The molecule has 4 aromatic rings. The van der Waals surface area contributed by atoms with Crippen molar-refractivity contribution in [3.05, 3.63) is 46.8 Å². The van der Waals surface area contributed by atoms with Gasteiger partial charge in [0.25, 0.3) is 0 Å². The Labute approximate surface area is 268 Å². The van der Waals surface area contributed by atoms with E-state index in [0.29, 0.717) is 64.3 Å². The molecule has 7 heterocycles. The number of piperazine rings is 1. The summed E-state index contributed by atoms with van der Waals surface area (Å²) in [5, 5.41) is 15.2. The maximum absolute atomic E-state index is 17.2. The summed E-state index contributed by atoms with van der Waals surface area (Å²) in [5.74, 6) is 0.329. The molecule has 5 aliphatic heterocycles. The number of halogens is 2.